The fraction of sp³-hybridized carbons (Fsp3) is 0.700. The van der Waals surface area contributed by atoms with Crippen LogP contribution in [0, 0.1) is 0 Å². The predicted octanol–water partition coefficient (Wildman–Crippen LogP) is -3.69. The second kappa shape index (κ2) is 8.53. The van der Waals surface area contributed by atoms with Crippen LogP contribution in [0.4, 0.5) is 0 Å². The number of aliphatic hydroxyl groups excluding tert-OH is 4. The third kappa shape index (κ3) is 6.25. The van der Waals surface area contributed by atoms with Crippen molar-refractivity contribution in [1.29, 1.82) is 0 Å². The number of aliphatic hydroxyl groups is 4. The second-order valence-electron chi connectivity index (χ2n) is 3.74. The highest BCUT2D eigenvalue weighted by Crippen LogP contribution is 2.05. The summed E-state index contributed by atoms with van der Waals surface area (Å²) in [6.07, 6.45) is -5.14. The van der Waals surface area contributed by atoms with Gasteiger partial charge in [-0.05, 0) is 0 Å². The molecule has 0 aromatic carbocycles. The number of ether oxygens (including phenoxy) is 1. The first kappa shape index (κ1) is 17.4. The van der Waals surface area contributed by atoms with Crippen molar-refractivity contribution >= 4 is 18.2 Å². The molecule has 0 saturated carbocycles. The molecule has 0 heterocycles. The topological polar surface area (TPSA) is 153 Å². The zero-order chi connectivity index (χ0) is 15.0. The first-order chi connectivity index (χ1) is 8.83. The summed E-state index contributed by atoms with van der Waals surface area (Å²) in [6.45, 7) is -0.387. The van der Waals surface area contributed by atoms with Crippen LogP contribution in [0.1, 0.15) is 6.92 Å². The van der Waals surface area contributed by atoms with Crippen LogP contribution in [-0.2, 0) is 19.1 Å². The molecule has 110 valence electrons. The Morgan fingerprint density at radius 1 is 1.26 bits per heavy atom. The van der Waals surface area contributed by atoms with Crippen LogP contribution >= 0.6 is 0 Å². The number of hydrogen-bond acceptors (Lipinski definition) is 8. The van der Waals surface area contributed by atoms with E-state index >= 15 is 0 Å². The molecule has 0 saturated heterocycles. The second-order valence-corrected chi connectivity index (χ2v) is 3.74. The van der Waals surface area contributed by atoms with E-state index in [0.29, 0.717) is 0 Å². The van der Waals surface area contributed by atoms with Gasteiger partial charge in [-0.3, -0.25) is 9.59 Å². The summed E-state index contributed by atoms with van der Waals surface area (Å²) < 4.78 is 4.41. The molecule has 0 aliphatic carbocycles. The lowest BCUT2D eigenvalue weighted by molar-refractivity contribution is -0.150. The smallest absolute Gasteiger partial charge is 0.302 e. The van der Waals surface area contributed by atoms with Gasteiger partial charge in [-0.1, -0.05) is 0 Å². The van der Waals surface area contributed by atoms with Gasteiger partial charge in [0, 0.05) is 6.92 Å². The van der Waals surface area contributed by atoms with Gasteiger partial charge in [-0.25, -0.2) is 0 Å². The highest BCUT2D eigenvalue weighted by molar-refractivity contribution is 5.80. The summed E-state index contributed by atoms with van der Waals surface area (Å²) in [5.74, 6) is -1.63. The molecule has 0 aliphatic rings. The third-order valence-corrected chi connectivity index (χ3v) is 2.19. The quantitative estimate of drug-likeness (QED) is 0.225. The van der Waals surface area contributed by atoms with Crippen molar-refractivity contribution in [2.45, 2.75) is 31.3 Å². The van der Waals surface area contributed by atoms with Gasteiger partial charge in [-0.2, -0.15) is 0 Å². The van der Waals surface area contributed by atoms with Gasteiger partial charge in [0.25, 0.3) is 0 Å². The van der Waals surface area contributed by atoms with E-state index in [-0.39, 0.29) is 6.29 Å². The summed E-state index contributed by atoms with van der Waals surface area (Å²) in [7, 11) is 0. The molecule has 1 amide bonds. The van der Waals surface area contributed by atoms with Crippen molar-refractivity contribution < 1.29 is 39.5 Å². The molecule has 0 radical (unpaired) electrons. The van der Waals surface area contributed by atoms with Crippen molar-refractivity contribution in [2.24, 2.45) is 0 Å². The Hall–Kier alpha value is -1.55. The average Bonchev–Trinajstić information content (AvgIpc) is 2.39. The van der Waals surface area contributed by atoms with Gasteiger partial charge in [0.15, 0.2) is 0 Å². The van der Waals surface area contributed by atoms with E-state index in [1.165, 1.54) is 0 Å². The Morgan fingerprint density at radius 3 is 2.26 bits per heavy atom. The van der Waals surface area contributed by atoms with E-state index in [2.05, 4.69) is 4.74 Å². The van der Waals surface area contributed by atoms with Crippen molar-refractivity contribution in [3.05, 3.63) is 0 Å². The maximum atomic E-state index is 10.8. The highest BCUT2D eigenvalue weighted by Gasteiger charge is 2.32. The van der Waals surface area contributed by atoms with Gasteiger partial charge < -0.3 is 35.3 Å². The summed E-state index contributed by atoms with van der Waals surface area (Å²) in [6, 6.07) is -1.51. The standard InChI is InChI=1S/C10H17NO8/c1-5(14)19-4-7(15)10(18)9(17)6(2-12)11-8(16)3-13/h2,6-7,9-10,13,15,17-18H,3-4H2,1H3,(H,11,16)/t6-,7+,9+,10+/m0/s1. The van der Waals surface area contributed by atoms with E-state index < -0.39 is 49.4 Å². The minimum atomic E-state index is -1.83. The fourth-order valence-electron chi connectivity index (χ4n) is 1.17. The zero-order valence-electron chi connectivity index (χ0n) is 10.2. The maximum absolute atomic E-state index is 10.8. The number of aldehydes is 1. The monoisotopic (exact) mass is 279 g/mol. The van der Waals surface area contributed by atoms with Gasteiger partial charge >= 0.3 is 5.97 Å². The number of nitrogens with one attached hydrogen (secondary N) is 1. The van der Waals surface area contributed by atoms with Gasteiger partial charge in [-0.15, -0.1) is 0 Å². The molecule has 19 heavy (non-hydrogen) atoms. The normalized spacial score (nSPS) is 16.9. The lowest BCUT2D eigenvalue weighted by atomic mass is 10.0. The number of carbonyl (C=O) groups is 3. The van der Waals surface area contributed by atoms with Crippen LogP contribution in [0.2, 0.25) is 0 Å². The van der Waals surface area contributed by atoms with E-state index in [1.54, 1.807) is 0 Å². The van der Waals surface area contributed by atoms with E-state index in [0.717, 1.165) is 6.92 Å². The predicted molar refractivity (Wildman–Crippen MR) is 59.7 cm³/mol. The van der Waals surface area contributed by atoms with Gasteiger partial charge in [0.1, 0.15) is 43.9 Å². The maximum Gasteiger partial charge on any atom is 0.302 e. The number of esters is 1. The number of hydrogen-bond donors (Lipinski definition) is 5. The van der Waals surface area contributed by atoms with Crippen LogP contribution in [-0.4, -0.2) is 76.2 Å². The van der Waals surface area contributed by atoms with Crippen molar-refractivity contribution in [3.63, 3.8) is 0 Å². The summed E-state index contributed by atoms with van der Waals surface area (Å²) in [5.41, 5.74) is 0. The Bertz CT molecular complexity index is 321. The Balaban J connectivity index is 4.48. The molecule has 0 aromatic heterocycles. The molecule has 0 fully saturated rings. The number of rotatable bonds is 8. The molecule has 0 bridgehead atoms. The molecule has 0 spiro atoms. The Kier molecular flexibility index (Phi) is 7.84. The Labute approximate surface area is 108 Å². The largest absolute Gasteiger partial charge is 0.463 e. The SMILES string of the molecule is CC(=O)OC[C@@H](O)[C@@H](O)[C@H](O)[C@H](C=O)NC(=O)CO. The van der Waals surface area contributed by atoms with Crippen LogP contribution in [0.15, 0.2) is 0 Å². The third-order valence-electron chi connectivity index (χ3n) is 2.19. The molecule has 9 nitrogen and oxygen atoms in total. The zero-order valence-corrected chi connectivity index (χ0v) is 10.2. The lowest BCUT2D eigenvalue weighted by Crippen LogP contribution is -2.54. The van der Waals surface area contributed by atoms with Crippen LogP contribution in [0.3, 0.4) is 0 Å². The Morgan fingerprint density at radius 2 is 1.84 bits per heavy atom. The van der Waals surface area contributed by atoms with Crippen molar-refractivity contribution in [3.8, 4) is 0 Å². The molecule has 5 N–H and O–H groups in total. The van der Waals surface area contributed by atoms with E-state index in [4.69, 9.17) is 5.11 Å². The summed E-state index contributed by atoms with van der Waals surface area (Å²) >= 11 is 0. The highest BCUT2D eigenvalue weighted by atomic mass is 16.5. The van der Waals surface area contributed by atoms with Gasteiger partial charge in [0.05, 0.1) is 0 Å². The van der Waals surface area contributed by atoms with Gasteiger partial charge in [0.2, 0.25) is 5.91 Å². The van der Waals surface area contributed by atoms with Crippen molar-refractivity contribution in [1.82, 2.24) is 5.32 Å². The molecule has 0 rings (SSSR count). The lowest BCUT2D eigenvalue weighted by Gasteiger charge is -2.26. The summed E-state index contributed by atoms with van der Waals surface area (Å²) in [4.78, 5) is 32.0. The molecular weight excluding hydrogens is 262 g/mol. The fourth-order valence-corrected chi connectivity index (χ4v) is 1.17. The van der Waals surface area contributed by atoms with E-state index in [1.807, 2.05) is 5.32 Å². The molecule has 0 unspecified atom stereocenters. The number of carbonyl (C=O) groups excluding carboxylic acids is 3. The summed E-state index contributed by atoms with van der Waals surface area (Å²) in [5, 5.41) is 38.9. The van der Waals surface area contributed by atoms with Crippen LogP contribution in [0.5, 0.6) is 0 Å². The minimum absolute atomic E-state index is 0.139. The van der Waals surface area contributed by atoms with Crippen LogP contribution < -0.4 is 5.32 Å². The number of amides is 1. The molecule has 0 aromatic rings. The minimum Gasteiger partial charge on any atom is -0.463 e. The first-order valence-corrected chi connectivity index (χ1v) is 5.36. The molecular formula is C10H17NO8. The van der Waals surface area contributed by atoms with Crippen LogP contribution in [0.25, 0.3) is 0 Å². The first-order valence-electron chi connectivity index (χ1n) is 5.36. The van der Waals surface area contributed by atoms with E-state index in [9.17, 15) is 29.7 Å². The molecule has 4 atom stereocenters. The molecule has 9 heteroatoms. The average molecular weight is 279 g/mol. The molecule has 0 aliphatic heterocycles. The van der Waals surface area contributed by atoms with Crippen molar-refractivity contribution in [2.75, 3.05) is 13.2 Å².